The number of hydrogen-bond acceptors (Lipinski definition) is 5. The second kappa shape index (κ2) is 7.15. The fourth-order valence-electron chi connectivity index (χ4n) is 2.93. The molecule has 25 heavy (non-hydrogen) atoms. The van der Waals surface area contributed by atoms with Gasteiger partial charge in [-0.1, -0.05) is 12.1 Å². The van der Waals surface area contributed by atoms with Gasteiger partial charge in [-0.25, -0.2) is 14.0 Å². The molecule has 6 nitrogen and oxygen atoms in total. The molecule has 0 unspecified atom stereocenters. The van der Waals surface area contributed by atoms with Crippen molar-refractivity contribution in [2.45, 2.75) is 56.9 Å². The number of benzene rings is 1. The number of oxazole rings is 1. The molecule has 1 aliphatic rings. The van der Waals surface area contributed by atoms with Crippen molar-refractivity contribution in [3.63, 3.8) is 0 Å². The lowest BCUT2D eigenvalue weighted by Gasteiger charge is -2.36. The monoisotopic (exact) mass is 364 g/mol. The van der Waals surface area contributed by atoms with Crippen molar-refractivity contribution in [3.8, 4) is 0 Å². The van der Waals surface area contributed by atoms with Crippen molar-refractivity contribution < 1.29 is 18.2 Å². The fourth-order valence-corrected chi connectivity index (χ4v) is 4.15. The van der Waals surface area contributed by atoms with Crippen LogP contribution in [0.5, 0.6) is 0 Å². The summed E-state index contributed by atoms with van der Waals surface area (Å²) in [4.78, 5) is 18.5. The Balaban J connectivity index is 1.72. The van der Waals surface area contributed by atoms with Gasteiger partial charge in [0, 0.05) is 12.6 Å². The molecule has 1 saturated heterocycles. The molecule has 7 heteroatoms. The van der Waals surface area contributed by atoms with E-state index in [4.69, 9.17) is 9.15 Å². The molecule has 2 heterocycles. The minimum Gasteiger partial charge on any atom is -0.444 e. The van der Waals surface area contributed by atoms with E-state index in [-0.39, 0.29) is 17.4 Å². The van der Waals surface area contributed by atoms with Gasteiger partial charge in [0.15, 0.2) is 5.58 Å². The van der Waals surface area contributed by atoms with E-state index >= 15 is 0 Å². The molecule has 0 aliphatic carbocycles. The van der Waals surface area contributed by atoms with E-state index in [2.05, 4.69) is 4.98 Å². The molecule has 0 saturated carbocycles. The molecule has 1 aliphatic heterocycles. The average molecular weight is 364 g/mol. The topological polar surface area (TPSA) is 72.6 Å². The van der Waals surface area contributed by atoms with Gasteiger partial charge in [0.1, 0.15) is 21.9 Å². The van der Waals surface area contributed by atoms with Gasteiger partial charge in [0.25, 0.3) is 5.22 Å². The second-order valence-corrected chi connectivity index (χ2v) is 8.66. The minimum atomic E-state index is -1.40. The van der Waals surface area contributed by atoms with E-state index in [1.54, 1.807) is 11.0 Å². The van der Waals surface area contributed by atoms with Crippen molar-refractivity contribution in [2.24, 2.45) is 0 Å². The summed E-state index contributed by atoms with van der Waals surface area (Å²) in [6.45, 7) is 6.17. The quantitative estimate of drug-likeness (QED) is 0.830. The van der Waals surface area contributed by atoms with Crippen molar-refractivity contribution in [1.29, 1.82) is 0 Å². The maximum absolute atomic E-state index is 12.7. The normalized spacial score (nSPS) is 19.8. The first-order valence-corrected chi connectivity index (χ1v) is 9.89. The molecular weight excluding hydrogens is 340 g/mol. The average Bonchev–Trinajstić information content (AvgIpc) is 2.98. The highest BCUT2D eigenvalue weighted by Gasteiger charge is 2.32. The van der Waals surface area contributed by atoms with Gasteiger partial charge in [-0.3, -0.25) is 0 Å². The molecule has 0 radical (unpaired) electrons. The van der Waals surface area contributed by atoms with Crippen LogP contribution in [0.4, 0.5) is 4.79 Å². The number of rotatable bonds is 3. The zero-order valence-corrected chi connectivity index (χ0v) is 15.7. The highest BCUT2D eigenvalue weighted by atomic mass is 32.2. The number of likely N-dealkylation sites (tertiary alicyclic amines) is 1. The van der Waals surface area contributed by atoms with Crippen LogP contribution in [-0.4, -0.2) is 44.1 Å². The van der Waals surface area contributed by atoms with Gasteiger partial charge < -0.3 is 14.1 Å². The Labute approximate surface area is 150 Å². The lowest BCUT2D eigenvalue weighted by atomic mass is 10.0. The molecule has 2 aromatic rings. The Morgan fingerprint density at radius 1 is 1.36 bits per heavy atom. The Morgan fingerprint density at radius 2 is 2.12 bits per heavy atom. The molecule has 1 aromatic carbocycles. The van der Waals surface area contributed by atoms with Crippen molar-refractivity contribution in [1.82, 2.24) is 9.88 Å². The van der Waals surface area contributed by atoms with Gasteiger partial charge >= 0.3 is 6.09 Å². The summed E-state index contributed by atoms with van der Waals surface area (Å²) < 4.78 is 23.8. The molecule has 1 aromatic heterocycles. The van der Waals surface area contributed by atoms with E-state index in [0.717, 1.165) is 19.3 Å². The smallest absolute Gasteiger partial charge is 0.410 e. The number of piperidine rings is 1. The number of hydrogen-bond donors (Lipinski definition) is 0. The molecule has 0 N–H and O–H groups in total. The third kappa shape index (κ3) is 4.39. The molecule has 1 fully saturated rings. The molecule has 0 bridgehead atoms. The van der Waals surface area contributed by atoms with E-state index < -0.39 is 16.4 Å². The van der Waals surface area contributed by atoms with Crippen LogP contribution in [0, 0.1) is 0 Å². The molecule has 136 valence electrons. The third-order valence-electron chi connectivity index (χ3n) is 4.07. The zero-order valence-electron chi connectivity index (χ0n) is 14.9. The van der Waals surface area contributed by atoms with E-state index in [1.807, 2.05) is 39.0 Å². The number of carbonyl (C=O) groups excluding carboxylic acids is 1. The van der Waals surface area contributed by atoms with Gasteiger partial charge in [-0.15, -0.1) is 0 Å². The maximum atomic E-state index is 12.7. The number of ether oxygens (including phenoxy) is 1. The van der Waals surface area contributed by atoms with Crippen LogP contribution in [0.25, 0.3) is 11.1 Å². The standard InChI is InChI=1S/C18H24N2O4S/c1-18(2,3)24-17(21)20-11-7-6-8-13(20)12-25(22)16-19-14-9-4-5-10-15(14)23-16/h4-5,9-10,13H,6-8,11-12H2,1-3H3/t13-,25-/m1/s1. The number of fused-ring (bicyclic) bond motifs is 1. The minimum absolute atomic E-state index is 0.126. The molecule has 0 spiro atoms. The molecule has 1 amide bonds. The SMILES string of the molecule is CC(C)(C)OC(=O)N1CCCC[C@@H]1C[S@@](=O)c1nc2ccccc2o1. The summed E-state index contributed by atoms with van der Waals surface area (Å²) in [5.74, 6) is 0.312. The van der Waals surface area contributed by atoms with Crippen LogP contribution >= 0.6 is 0 Å². The van der Waals surface area contributed by atoms with E-state index in [1.165, 1.54) is 0 Å². The third-order valence-corrected chi connectivity index (χ3v) is 5.32. The lowest BCUT2D eigenvalue weighted by Crippen LogP contribution is -2.48. The number of amides is 1. The van der Waals surface area contributed by atoms with Crippen LogP contribution in [0.2, 0.25) is 0 Å². The molecule has 3 rings (SSSR count). The summed E-state index contributed by atoms with van der Waals surface area (Å²) in [6.07, 6.45) is 2.41. The number of para-hydroxylation sites is 2. The number of aromatic nitrogens is 1. The highest BCUT2D eigenvalue weighted by molar-refractivity contribution is 7.84. The van der Waals surface area contributed by atoms with Gasteiger partial charge in [-0.05, 0) is 52.2 Å². The Hall–Kier alpha value is -1.89. The summed E-state index contributed by atoms with van der Waals surface area (Å²) in [6, 6.07) is 7.22. The van der Waals surface area contributed by atoms with E-state index in [9.17, 15) is 9.00 Å². The van der Waals surface area contributed by atoms with E-state index in [0.29, 0.717) is 23.4 Å². The summed E-state index contributed by atoms with van der Waals surface area (Å²) in [5, 5.41) is 0.218. The highest BCUT2D eigenvalue weighted by Crippen LogP contribution is 2.24. The second-order valence-electron chi connectivity index (χ2n) is 7.28. The van der Waals surface area contributed by atoms with Crippen LogP contribution in [0.15, 0.2) is 33.9 Å². The summed E-state index contributed by atoms with van der Waals surface area (Å²) >= 11 is 0. The Bertz CT molecular complexity index is 748. The first-order valence-electron chi connectivity index (χ1n) is 8.57. The Kier molecular flexibility index (Phi) is 5.13. The Morgan fingerprint density at radius 3 is 2.84 bits per heavy atom. The van der Waals surface area contributed by atoms with Crippen LogP contribution in [-0.2, 0) is 15.5 Å². The predicted molar refractivity (Wildman–Crippen MR) is 95.9 cm³/mol. The molecule has 2 atom stereocenters. The summed E-state index contributed by atoms with van der Waals surface area (Å²) in [5.41, 5.74) is 0.774. The lowest BCUT2D eigenvalue weighted by molar-refractivity contribution is 0.0125. The first-order chi connectivity index (χ1) is 11.8. The number of nitrogens with zero attached hydrogens (tertiary/aromatic N) is 2. The van der Waals surface area contributed by atoms with Gasteiger partial charge in [0.05, 0.1) is 5.75 Å². The maximum Gasteiger partial charge on any atom is 0.410 e. The van der Waals surface area contributed by atoms with Crippen molar-refractivity contribution in [2.75, 3.05) is 12.3 Å². The van der Waals surface area contributed by atoms with Crippen LogP contribution < -0.4 is 0 Å². The first kappa shape index (κ1) is 17.9. The van der Waals surface area contributed by atoms with Crippen molar-refractivity contribution in [3.05, 3.63) is 24.3 Å². The van der Waals surface area contributed by atoms with Gasteiger partial charge in [0.2, 0.25) is 0 Å². The van der Waals surface area contributed by atoms with Crippen LogP contribution in [0.1, 0.15) is 40.0 Å². The largest absolute Gasteiger partial charge is 0.444 e. The molecular formula is C18H24N2O4S. The fraction of sp³-hybridized carbons (Fsp3) is 0.556. The van der Waals surface area contributed by atoms with Crippen LogP contribution in [0.3, 0.4) is 0 Å². The predicted octanol–water partition coefficient (Wildman–Crippen LogP) is 3.73. The van der Waals surface area contributed by atoms with Gasteiger partial charge in [-0.2, -0.15) is 0 Å². The number of carbonyl (C=O) groups is 1. The zero-order chi connectivity index (χ0) is 18.0. The van der Waals surface area contributed by atoms with Crippen molar-refractivity contribution >= 4 is 28.0 Å². The summed E-state index contributed by atoms with van der Waals surface area (Å²) in [7, 11) is -1.40.